The highest BCUT2D eigenvalue weighted by Gasteiger charge is 2.15. The van der Waals surface area contributed by atoms with Gasteiger partial charge in [0.15, 0.2) is 6.61 Å². The van der Waals surface area contributed by atoms with Crippen molar-refractivity contribution >= 4 is 52.5 Å². The lowest BCUT2D eigenvalue weighted by Gasteiger charge is -2.18. The summed E-state index contributed by atoms with van der Waals surface area (Å²) in [4.78, 5) is 40.5. The van der Waals surface area contributed by atoms with Crippen LogP contribution < -0.4 is 21.3 Å². The number of aromatic amines is 1. The van der Waals surface area contributed by atoms with Crippen molar-refractivity contribution in [2.45, 2.75) is 13.5 Å². The molecule has 0 aliphatic carbocycles. The number of hydrogen-bond donors (Lipinski definition) is 3. The first kappa shape index (κ1) is 24.1. The lowest BCUT2D eigenvalue weighted by molar-refractivity contribution is -0.118. The van der Waals surface area contributed by atoms with Gasteiger partial charge in [-0.2, -0.15) is 0 Å². The van der Waals surface area contributed by atoms with E-state index in [1.165, 1.54) is 0 Å². The zero-order valence-corrected chi connectivity index (χ0v) is 18.0. The van der Waals surface area contributed by atoms with Crippen LogP contribution in [0.2, 0.25) is 5.02 Å². The Balaban J connectivity index is 0.000000220. The fourth-order valence-corrected chi connectivity index (χ4v) is 2.96. The number of benzene rings is 2. The molecule has 0 fully saturated rings. The molecule has 11 heteroatoms. The molecule has 1 aliphatic rings. The number of H-pyrrole nitrogens is 1. The summed E-state index contributed by atoms with van der Waals surface area (Å²) in [7, 11) is 0. The second-order valence-corrected chi connectivity index (χ2v) is 6.55. The minimum Gasteiger partial charge on any atom is -0.482 e. The van der Waals surface area contributed by atoms with Crippen molar-refractivity contribution in [1.82, 2.24) is 9.97 Å². The monoisotopic (exact) mass is 466 g/mol. The normalized spacial score (nSPS) is 11.8. The summed E-state index contributed by atoms with van der Waals surface area (Å²) in [5, 5.41) is 3.28. The number of rotatable bonds is 3. The average Bonchev–Trinajstić information content (AvgIpc) is 2.73. The maximum Gasteiger partial charge on any atom is 0.374 e. The van der Waals surface area contributed by atoms with Crippen LogP contribution in [0.15, 0.2) is 41.2 Å². The van der Waals surface area contributed by atoms with Gasteiger partial charge in [0.1, 0.15) is 5.75 Å². The maximum atomic E-state index is 11.7. The highest BCUT2D eigenvalue weighted by atomic mass is 35.5. The number of fused-ring (bicyclic) bond motifs is 2. The van der Waals surface area contributed by atoms with E-state index < -0.39 is 11.5 Å². The number of anilines is 1. The molecule has 31 heavy (non-hydrogen) atoms. The molecule has 0 radical (unpaired) electrons. The Bertz CT molecular complexity index is 1170. The summed E-state index contributed by atoms with van der Waals surface area (Å²) in [5.74, 6) is -0.198. The van der Waals surface area contributed by atoms with E-state index in [4.69, 9.17) is 26.8 Å². The van der Waals surface area contributed by atoms with Gasteiger partial charge in [0.2, 0.25) is 5.82 Å². The molecular weight excluding hydrogens is 447 g/mol. The van der Waals surface area contributed by atoms with Crippen molar-refractivity contribution in [2.75, 3.05) is 18.5 Å². The van der Waals surface area contributed by atoms with Gasteiger partial charge in [-0.25, -0.2) is 9.78 Å². The predicted octanol–water partition coefficient (Wildman–Crippen LogP) is 2.65. The molecule has 4 N–H and O–H groups in total. The van der Waals surface area contributed by atoms with Crippen molar-refractivity contribution in [1.29, 1.82) is 0 Å². The van der Waals surface area contributed by atoms with Gasteiger partial charge in [0, 0.05) is 6.54 Å². The number of aromatic nitrogens is 2. The number of amides is 1. The van der Waals surface area contributed by atoms with Crippen molar-refractivity contribution in [3.8, 4) is 5.75 Å². The van der Waals surface area contributed by atoms with E-state index >= 15 is 0 Å². The van der Waals surface area contributed by atoms with Crippen LogP contribution in [0.1, 0.15) is 23.1 Å². The summed E-state index contributed by atoms with van der Waals surface area (Å²) in [6, 6.07) is 10.4. The molecular formula is C20H20Cl2N4O5. The Labute approximate surface area is 188 Å². The molecule has 0 bridgehead atoms. The maximum absolute atomic E-state index is 11.7. The van der Waals surface area contributed by atoms with E-state index in [9.17, 15) is 14.4 Å². The minimum atomic E-state index is -0.661. The van der Waals surface area contributed by atoms with Gasteiger partial charge in [-0.05, 0) is 36.8 Å². The first-order valence-electron chi connectivity index (χ1n) is 9.04. The summed E-state index contributed by atoms with van der Waals surface area (Å²) >= 11 is 5.88. The third-order valence-corrected chi connectivity index (χ3v) is 4.38. The molecule has 4 rings (SSSR count). The van der Waals surface area contributed by atoms with Crippen LogP contribution in [-0.4, -0.2) is 35.1 Å². The Hall–Kier alpha value is -3.14. The summed E-state index contributed by atoms with van der Waals surface area (Å²) in [5.41, 5.74) is 7.06. The van der Waals surface area contributed by atoms with E-state index in [1.54, 1.807) is 25.1 Å². The fraction of sp³-hybridized carbons (Fsp3) is 0.200. The number of esters is 1. The van der Waals surface area contributed by atoms with Crippen LogP contribution in [0.4, 0.5) is 5.69 Å². The zero-order chi connectivity index (χ0) is 21.7. The summed E-state index contributed by atoms with van der Waals surface area (Å²) < 4.78 is 9.94. The Morgan fingerprint density at radius 2 is 2.06 bits per heavy atom. The second-order valence-electron chi connectivity index (χ2n) is 6.14. The molecule has 2 aromatic carbocycles. The molecule has 0 saturated carbocycles. The molecule has 1 amide bonds. The van der Waals surface area contributed by atoms with Crippen LogP contribution in [0.3, 0.4) is 0 Å². The number of carbonyl (C=O) groups is 2. The van der Waals surface area contributed by atoms with Gasteiger partial charge in [-0.1, -0.05) is 23.7 Å². The molecule has 2 heterocycles. The molecule has 0 atom stereocenters. The third kappa shape index (κ3) is 5.72. The van der Waals surface area contributed by atoms with E-state index in [-0.39, 0.29) is 42.7 Å². The Morgan fingerprint density at radius 3 is 2.77 bits per heavy atom. The second kappa shape index (κ2) is 10.8. The summed E-state index contributed by atoms with van der Waals surface area (Å²) in [6.45, 7) is 2.45. The third-order valence-electron chi connectivity index (χ3n) is 4.06. The minimum absolute atomic E-state index is 0. The molecule has 0 unspecified atom stereocenters. The van der Waals surface area contributed by atoms with Crippen LogP contribution in [0.25, 0.3) is 10.9 Å². The van der Waals surface area contributed by atoms with E-state index in [2.05, 4.69) is 15.3 Å². The Morgan fingerprint density at radius 1 is 1.29 bits per heavy atom. The smallest absolute Gasteiger partial charge is 0.374 e. The van der Waals surface area contributed by atoms with Crippen molar-refractivity contribution in [3.63, 3.8) is 0 Å². The highest BCUT2D eigenvalue weighted by Crippen LogP contribution is 2.28. The standard InChI is InChI=1S/C11H9ClN2O3.C9H10N2O2.ClH/c1-2-17-11(16)9-13-7-5-3-4-6(12)8(7)10(15)14-9;10-4-6-1-2-8-7(3-6)11-9(12)5-13-8;/h3-5H,2H2,1H3,(H,13,14,15);1-3H,4-5,10H2,(H,11,12);1H. The Kier molecular flexibility index (Phi) is 8.38. The molecule has 1 aliphatic heterocycles. The number of nitrogens with two attached hydrogens (primary N) is 1. The number of nitrogens with zero attached hydrogens (tertiary/aromatic N) is 1. The number of nitrogens with one attached hydrogen (secondary N) is 2. The molecule has 3 aromatic rings. The fourth-order valence-electron chi connectivity index (χ4n) is 2.70. The van der Waals surface area contributed by atoms with Gasteiger partial charge in [-0.15, -0.1) is 12.4 Å². The SMILES string of the molecule is CCOC(=O)c1nc2cccc(Cl)c2c(=O)[nH]1.Cl.NCc1ccc2c(c1)NC(=O)CO2. The van der Waals surface area contributed by atoms with E-state index in [1.807, 2.05) is 18.2 Å². The van der Waals surface area contributed by atoms with Crippen molar-refractivity contribution < 1.29 is 19.1 Å². The molecule has 9 nitrogen and oxygen atoms in total. The van der Waals surface area contributed by atoms with Gasteiger partial charge in [0.05, 0.1) is 28.2 Å². The quantitative estimate of drug-likeness (QED) is 0.504. The van der Waals surface area contributed by atoms with Gasteiger partial charge in [-0.3, -0.25) is 9.59 Å². The van der Waals surface area contributed by atoms with Crippen molar-refractivity contribution in [3.05, 3.63) is 63.2 Å². The van der Waals surface area contributed by atoms with Crippen LogP contribution in [0, 0.1) is 0 Å². The molecule has 0 spiro atoms. The lowest BCUT2D eigenvalue weighted by atomic mass is 10.1. The van der Waals surface area contributed by atoms with Gasteiger partial charge < -0.3 is 25.5 Å². The van der Waals surface area contributed by atoms with Crippen LogP contribution in [-0.2, 0) is 16.1 Å². The number of halogens is 2. The van der Waals surface area contributed by atoms with E-state index in [0.717, 1.165) is 5.56 Å². The number of ether oxygens (including phenoxy) is 2. The molecule has 164 valence electrons. The highest BCUT2D eigenvalue weighted by molar-refractivity contribution is 6.35. The van der Waals surface area contributed by atoms with Crippen LogP contribution in [0.5, 0.6) is 5.75 Å². The summed E-state index contributed by atoms with van der Waals surface area (Å²) in [6.07, 6.45) is 0. The first-order valence-corrected chi connectivity index (χ1v) is 9.42. The van der Waals surface area contributed by atoms with Crippen LogP contribution >= 0.6 is 24.0 Å². The topological polar surface area (TPSA) is 136 Å². The number of hydrogen-bond acceptors (Lipinski definition) is 7. The van der Waals surface area contributed by atoms with E-state index in [0.29, 0.717) is 28.5 Å². The number of carbonyl (C=O) groups excluding carboxylic acids is 2. The van der Waals surface area contributed by atoms with Crippen molar-refractivity contribution in [2.24, 2.45) is 5.73 Å². The largest absolute Gasteiger partial charge is 0.482 e. The average molecular weight is 467 g/mol. The lowest BCUT2D eigenvalue weighted by Crippen LogP contribution is -2.25. The van der Waals surface area contributed by atoms with Gasteiger partial charge >= 0.3 is 5.97 Å². The molecule has 0 saturated heterocycles. The predicted molar refractivity (Wildman–Crippen MR) is 119 cm³/mol. The van der Waals surface area contributed by atoms with Gasteiger partial charge in [0.25, 0.3) is 11.5 Å². The first-order chi connectivity index (χ1) is 14.4. The zero-order valence-electron chi connectivity index (χ0n) is 16.4. The molecule has 1 aromatic heterocycles.